The molecule has 1 unspecified atom stereocenters. The first kappa shape index (κ1) is 16.7. The minimum Gasteiger partial charge on any atom is -0.488 e. The van der Waals surface area contributed by atoms with Crippen LogP contribution >= 0.6 is 15.9 Å². The monoisotopic (exact) mass is 408 g/mol. The lowest BCUT2D eigenvalue weighted by molar-refractivity contribution is 0.0935. The predicted molar refractivity (Wildman–Crippen MR) is 105 cm³/mol. The lowest BCUT2D eigenvalue weighted by Gasteiger charge is -2.29. The maximum Gasteiger partial charge on any atom is 0.255 e. The van der Waals surface area contributed by atoms with Crippen molar-refractivity contribution in [1.29, 1.82) is 0 Å². The molecule has 0 saturated heterocycles. The highest BCUT2D eigenvalue weighted by Crippen LogP contribution is 2.33. The number of nitrogens with one attached hydrogen (secondary N) is 2. The second-order valence-electron chi connectivity index (χ2n) is 6.05. The number of carbonyl (C=O) groups is 1. The normalized spacial score (nSPS) is 15.6. The first-order chi connectivity index (χ1) is 12.7. The Bertz CT molecular complexity index is 944. The number of para-hydroxylation sites is 1. The van der Waals surface area contributed by atoms with Crippen LogP contribution in [0.5, 0.6) is 5.75 Å². The average molecular weight is 409 g/mol. The molecule has 0 aliphatic carbocycles. The van der Waals surface area contributed by atoms with E-state index in [1.807, 2.05) is 72.8 Å². The highest BCUT2D eigenvalue weighted by atomic mass is 79.9. The van der Waals surface area contributed by atoms with Crippen molar-refractivity contribution < 1.29 is 9.53 Å². The summed E-state index contributed by atoms with van der Waals surface area (Å²) in [6.45, 7) is 0.465. The molecule has 3 aromatic carbocycles. The van der Waals surface area contributed by atoms with Gasteiger partial charge in [0.1, 0.15) is 18.5 Å². The molecule has 130 valence electrons. The summed E-state index contributed by atoms with van der Waals surface area (Å²) in [5.74, 6) is 0.632. The minimum atomic E-state index is -0.360. The zero-order chi connectivity index (χ0) is 17.9. The molecule has 2 N–H and O–H groups in total. The largest absolute Gasteiger partial charge is 0.488 e. The summed E-state index contributed by atoms with van der Waals surface area (Å²) in [6.07, 6.45) is -0.360. The Labute approximate surface area is 160 Å². The Kier molecular flexibility index (Phi) is 4.63. The molecule has 1 atom stereocenters. The highest BCUT2D eigenvalue weighted by Gasteiger charge is 2.26. The van der Waals surface area contributed by atoms with E-state index < -0.39 is 0 Å². The fourth-order valence-electron chi connectivity index (χ4n) is 2.97. The molecule has 0 spiro atoms. The Morgan fingerprint density at radius 1 is 0.923 bits per heavy atom. The van der Waals surface area contributed by atoms with Crippen LogP contribution < -0.4 is 15.4 Å². The van der Waals surface area contributed by atoms with Crippen LogP contribution in [0.25, 0.3) is 0 Å². The van der Waals surface area contributed by atoms with Gasteiger partial charge in [-0.25, -0.2) is 0 Å². The lowest BCUT2D eigenvalue weighted by Crippen LogP contribution is -2.38. The highest BCUT2D eigenvalue weighted by molar-refractivity contribution is 9.10. The zero-order valence-corrected chi connectivity index (χ0v) is 15.5. The topological polar surface area (TPSA) is 50.4 Å². The van der Waals surface area contributed by atoms with Gasteiger partial charge in [0, 0.05) is 15.7 Å². The molecule has 0 saturated carbocycles. The van der Waals surface area contributed by atoms with Gasteiger partial charge in [0.05, 0.1) is 5.56 Å². The molecule has 0 bridgehead atoms. The average Bonchev–Trinajstić information content (AvgIpc) is 2.68. The zero-order valence-electron chi connectivity index (χ0n) is 13.9. The predicted octanol–water partition coefficient (Wildman–Crippen LogP) is 4.88. The van der Waals surface area contributed by atoms with Crippen LogP contribution in [0.4, 0.5) is 5.69 Å². The second kappa shape index (κ2) is 7.22. The van der Waals surface area contributed by atoms with E-state index in [4.69, 9.17) is 4.74 Å². The van der Waals surface area contributed by atoms with E-state index in [1.165, 1.54) is 0 Å². The minimum absolute atomic E-state index is 0.0988. The first-order valence-electron chi connectivity index (χ1n) is 8.33. The summed E-state index contributed by atoms with van der Waals surface area (Å²) >= 11 is 3.51. The van der Waals surface area contributed by atoms with Crippen LogP contribution in [0.2, 0.25) is 0 Å². The van der Waals surface area contributed by atoms with Crippen molar-refractivity contribution in [2.24, 2.45) is 0 Å². The SMILES string of the molecule is O=C1NC(c2cc(Br)ccc2OCc2ccccc2)Nc2ccccc21. The number of benzene rings is 3. The van der Waals surface area contributed by atoms with Crippen molar-refractivity contribution >= 4 is 27.5 Å². The van der Waals surface area contributed by atoms with Gasteiger partial charge in [-0.3, -0.25) is 4.79 Å². The molecule has 4 rings (SSSR count). The number of ether oxygens (including phenoxy) is 1. The third kappa shape index (κ3) is 3.44. The van der Waals surface area contributed by atoms with Gasteiger partial charge in [0.25, 0.3) is 5.91 Å². The van der Waals surface area contributed by atoms with Crippen LogP contribution in [0.15, 0.2) is 77.3 Å². The molecule has 1 heterocycles. The van der Waals surface area contributed by atoms with Crippen LogP contribution in [-0.2, 0) is 6.61 Å². The van der Waals surface area contributed by atoms with Crippen LogP contribution in [0.1, 0.15) is 27.7 Å². The van der Waals surface area contributed by atoms with Crippen LogP contribution in [-0.4, -0.2) is 5.91 Å². The Balaban J connectivity index is 1.62. The summed E-state index contributed by atoms with van der Waals surface area (Å²) in [7, 11) is 0. The molecule has 4 nitrogen and oxygen atoms in total. The molecular weight excluding hydrogens is 392 g/mol. The van der Waals surface area contributed by atoms with Gasteiger partial charge in [-0.05, 0) is 35.9 Å². The van der Waals surface area contributed by atoms with Gasteiger partial charge in [-0.2, -0.15) is 0 Å². The van der Waals surface area contributed by atoms with E-state index in [2.05, 4.69) is 26.6 Å². The number of hydrogen-bond acceptors (Lipinski definition) is 3. The number of carbonyl (C=O) groups excluding carboxylic acids is 1. The number of fused-ring (bicyclic) bond motifs is 1. The van der Waals surface area contributed by atoms with Crippen molar-refractivity contribution in [2.75, 3.05) is 5.32 Å². The molecule has 0 radical (unpaired) electrons. The van der Waals surface area contributed by atoms with E-state index in [9.17, 15) is 4.79 Å². The number of amides is 1. The van der Waals surface area contributed by atoms with E-state index >= 15 is 0 Å². The number of halogens is 1. The fourth-order valence-corrected chi connectivity index (χ4v) is 3.35. The fraction of sp³-hybridized carbons (Fsp3) is 0.0952. The van der Waals surface area contributed by atoms with Crippen molar-refractivity contribution in [2.45, 2.75) is 12.8 Å². The van der Waals surface area contributed by atoms with Crippen LogP contribution in [0, 0.1) is 0 Å². The number of anilines is 1. The van der Waals surface area contributed by atoms with E-state index in [1.54, 1.807) is 0 Å². The summed E-state index contributed by atoms with van der Waals surface area (Å²) in [5, 5.41) is 6.38. The van der Waals surface area contributed by atoms with Crippen molar-refractivity contribution in [3.63, 3.8) is 0 Å². The summed E-state index contributed by atoms with van der Waals surface area (Å²) in [5.41, 5.74) is 3.42. The lowest BCUT2D eigenvalue weighted by atomic mass is 10.1. The van der Waals surface area contributed by atoms with Crippen LogP contribution in [0.3, 0.4) is 0 Å². The van der Waals surface area contributed by atoms with E-state index in [0.29, 0.717) is 12.2 Å². The number of rotatable bonds is 4. The molecular formula is C21H17BrN2O2. The van der Waals surface area contributed by atoms with Gasteiger partial charge in [0.15, 0.2) is 0 Å². The molecule has 0 fully saturated rings. The van der Waals surface area contributed by atoms with Gasteiger partial charge in [0.2, 0.25) is 0 Å². The van der Waals surface area contributed by atoms with E-state index in [-0.39, 0.29) is 12.1 Å². The molecule has 0 aromatic heterocycles. The molecule has 1 aliphatic rings. The molecule has 3 aromatic rings. The molecule has 1 amide bonds. The summed E-state index contributed by atoms with van der Waals surface area (Å²) in [6, 6.07) is 23.3. The third-order valence-corrected chi connectivity index (χ3v) is 4.76. The Hall–Kier alpha value is -2.79. The molecule has 1 aliphatic heterocycles. The van der Waals surface area contributed by atoms with Gasteiger partial charge < -0.3 is 15.4 Å². The Morgan fingerprint density at radius 2 is 1.69 bits per heavy atom. The molecule has 26 heavy (non-hydrogen) atoms. The maximum absolute atomic E-state index is 12.4. The maximum atomic E-state index is 12.4. The van der Waals surface area contributed by atoms with Gasteiger partial charge in [-0.15, -0.1) is 0 Å². The molecule has 5 heteroatoms. The Morgan fingerprint density at radius 3 is 2.54 bits per heavy atom. The summed E-state index contributed by atoms with van der Waals surface area (Å²) in [4.78, 5) is 12.4. The van der Waals surface area contributed by atoms with Crippen molar-refractivity contribution in [3.8, 4) is 5.75 Å². The van der Waals surface area contributed by atoms with Gasteiger partial charge >= 0.3 is 0 Å². The third-order valence-electron chi connectivity index (χ3n) is 4.27. The smallest absolute Gasteiger partial charge is 0.255 e. The van der Waals surface area contributed by atoms with Crippen molar-refractivity contribution in [1.82, 2.24) is 5.32 Å². The van der Waals surface area contributed by atoms with Crippen molar-refractivity contribution in [3.05, 3.63) is 94.0 Å². The van der Waals surface area contributed by atoms with Gasteiger partial charge in [-0.1, -0.05) is 58.4 Å². The quantitative estimate of drug-likeness (QED) is 0.646. The first-order valence-corrected chi connectivity index (χ1v) is 9.12. The van der Waals surface area contributed by atoms with E-state index in [0.717, 1.165) is 27.0 Å². The number of hydrogen-bond donors (Lipinski definition) is 2. The second-order valence-corrected chi connectivity index (χ2v) is 6.97. The summed E-state index contributed by atoms with van der Waals surface area (Å²) < 4.78 is 6.97. The standard InChI is InChI=1S/C21H17BrN2O2/c22-15-10-11-19(26-13-14-6-2-1-3-7-14)17(12-15)20-23-18-9-5-4-8-16(18)21(25)24-20/h1-12,20,23H,13H2,(H,24,25).